The van der Waals surface area contributed by atoms with Crippen molar-refractivity contribution in [3.63, 3.8) is 0 Å². The largest absolute Gasteiger partial charge is 0.496 e. The fourth-order valence-corrected chi connectivity index (χ4v) is 3.85. The van der Waals surface area contributed by atoms with Crippen molar-refractivity contribution < 1.29 is 19.0 Å². The maximum Gasteiger partial charge on any atom is 0.263 e. The van der Waals surface area contributed by atoms with Crippen LogP contribution in [0.1, 0.15) is 27.9 Å². The standard InChI is InChI=1S/C19H25N3O4S/c1-3-25-13-15-17(27-19(21-15)22-8-10-26-11-9-22)18(23)20-12-14-6-4-5-7-16(14)24-2/h4-7H,3,8-13H2,1-2H3,(H,20,23). The lowest BCUT2D eigenvalue weighted by Gasteiger charge is -2.26. The number of nitrogens with one attached hydrogen (secondary N) is 1. The quantitative estimate of drug-likeness (QED) is 0.745. The van der Waals surface area contributed by atoms with Crippen molar-refractivity contribution in [3.8, 4) is 5.75 Å². The van der Waals surface area contributed by atoms with Gasteiger partial charge in [-0.2, -0.15) is 0 Å². The SMILES string of the molecule is CCOCc1nc(N2CCOCC2)sc1C(=O)NCc1ccccc1OC. The number of carbonyl (C=O) groups excluding carboxylic acids is 1. The van der Waals surface area contributed by atoms with E-state index in [1.165, 1.54) is 11.3 Å². The molecule has 3 rings (SSSR count). The predicted molar refractivity (Wildman–Crippen MR) is 105 cm³/mol. The van der Waals surface area contributed by atoms with Gasteiger partial charge in [0.1, 0.15) is 10.6 Å². The van der Waals surface area contributed by atoms with Gasteiger partial charge in [-0.25, -0.2) is 4.98 Å². The molecule has 0 atom stereocenters. The van der Waals surface area contributed by atoms with Crippen molar-refractivity contribution in [2.24, 2.45) is 0 Å². The molecule has 1 aromatic heterocycles. The number of methoxy groups -OCH3 is 1. The molecule has 1 saturated heterocycles. The van der Waals surface area contributed by atoms with Gasteiger partial charge in [-0.15, -0.1) is 0 Å². The number of anilines is 1. The number of amides is 1. The van der Waals surface area contributed by atoms with E-state index in [2.05, 4.69) is 15.2 Å². The van der Waals surface area contributed by atoms with Crippen molar-refractivity contribution in [1.29, 1.82) is 0 Å². The summed E-state index contributed by atoms with van der Waals surface area (Å²) in [6.45, 7) is 6.14. The number of ether oxygens (including phenoxy) is 3. The molecule has 1 fully saturated rings. The number of thiazole rings is 1. The molecule has 146 valence electrons. The van der Waals surface area contributed by atoms with E-state index in [1.54, 1.807) is 7.11 Å². The molecule has 1 aliphatic rings. The lowest BCUT2D eigenvalue weighted by Crippen LogP contribution is -2.36. The Morgan fingerprint density at radius 2 is 2.11 bits per heavy atom. The Bertz CT molecular complexity index is 759. The molecule has 0 aliphatic carbocycles. The molecule has 1 aromatic carbocycles. The number of carbonyl (C=O) groups is 1. The van der Waals surface area contributed by atoms with Crippen molar-refractivity contribution >= 4 is 22.4 Å². The number of benzene rings is 1. The highest BCUT2D eigenvalue weighted by Gasteiger charge is 2.22. The van der Waals surface area contributed by atoms with Gasteiger partial charge >= 0.3 is 0 Å². The van der Waals surface area contributed by atoms with Crippen LogP contribution in [0.3, 0.4) is 0 Å². The number of rotatable bonds is 8. The van der Waals surface area contributed by atoms with Gasteiger partial charge in [0.2, 0.25) is 0 Å². The molecule has 1 amide bonds. The van der Waals surface area contributed by atoms with Crippen LogP contribution in [0.15, 0.2) is 24.3 Å². The normalized spacial score (nSPS) is 14.2. The van der Waals surface area contributed by atoms with Crippen LogP contribution in [0.4, 0.5) is 5.13 Å². The summed E-state index contributed by atoms with van der Waals surface area (Å²) < 4.78 is 16.3. The van der Waals surface area contributed by atoms with E-state index in [-0.39, 0.29) is 5.91 Å². The van der Waals surface area contributed by atoms with E-state index in [1.807, 2.05) is 31.2 Å². The smallest absolute Gasteiger partial charge is 0.263 e. The van der Waals surface area contributed by atoms with E-state index in [0.29, 0.717) is 43.5 Å². The van der Waals surface area contributed by atoms with Gasteiger partial charge in [-0.3, -0.25) is 4.79 Å². The molecule has 0 unspecified atom stereocenters. The van der Waals surface area contributed by atoms with E-state index in [9.17, 15) is 4.79 Å². The third kappa shape index (κ3) is 4.97. The van der Waals surface area contributed by atoms with Crippen molar-refractivity contribution in [2.75, 3.05) is 44.9 Å². The zero-order valence-electron chi connectivity index (χ0n) is 15.7. The maximum atomic E-state index is 12.8. The van der Waals surface area contributed by atoms with Gasteiger partial charge < -0.3 is 24.4 Å². The van der Waals surface area contributed by atoms with Gasteiger partial charge in [0.15, 0.2) is 5.13 Å². The first-order chi connectivity index (χ1) is 13.2. The average Bonchev–Trinajstić information content (AvgIpc) is 3.15. The molecule has 0 spiro atoms. The molecule has 1 aliphatic heterocycles. The first-order valence-corrected chi connectivity index (χ1v) is 9.84. The second-order valence-electron chi connectivity index (χ2n) is 6.00. The summed E-state index contributed by atoms with van der Waals surface area (Å²) in [5, 5.41) is 3.82. The fraction of sp³-hybridized carbons (Fsp3) is 0.474. The summed E-state index contributed by atoms with van der Waals surface area (Å²) in [5.41, 5.74) is 1.61. The number of hydrogen-bond donors (Lipinski definition) is 1. The average molecular weight is 391 g/mol. The highest BCUT2D eigenvalue weighted by atomic mass is 32.1. The van der Waals surface area contributed by atoms with Crippen LogP contribution >= 0.6 is 11.3 Å². The number of morpholine rings is 1. The Kier molecular flexibility index (Phi) is 7.03. The lowest BCUT2D eigenvalue weighted by atomic mass is 10.2. The Morgan fingerprint density at radius 1 is 1.33 bits per heavy atom. The Hall–Kier alpha value is -2.16. The topological polar surface area (TPSA) is 72.9 Å². The van der Waals surface area contributed by atoms with Crippen LogP contribution < -0.4 is 15.0 Å². The predicted octanol–water partition coefficient (Wildman–Crippen LogP) is 2.45. The number of nitrogens with zero attached hydrogens (tertiary/aromatic N) is 2. The molecule has 2 heterocycles. The molecular weight excluding hydrogens is 366 g/mol. The minimum absolute atomic E-state index is 0.146. The summed E-state index contributed by atoms with van der Waals surface area (Å²) >= 11 is 1.41. The van der Waals surface area contributed by atoms with Crippen LogP contribution in [0.5, 0.6) is 5.75 Å². The second kappa shape index (κ2) is 9.68. The fourth-order valence-electron chi connectivity index (χ4n) is 2.81. The van der Waals surface area contributed by atoms with E-state index in [4.69, 9.17) is 14.2 Å². The summed E-state index contributed by atoms with van der Waals surface area (Å²) in [6.07, 6.45) is 0. The summed E-state index contributed by atoms with van der Waals surface area (Å²) in [6, 6.07) is 7.65. The van der Waals surface area contributed by atoms with Gasteiger partial charge in [0.05, 0.1) is 32.6 Å². The molecule has 7 nitrogen and oxygen atoms in total. The van der Waals surface area contributed by atoms with Gasteiger partial charge in [0, 0.05) is 31.8 Å². The Morgan fingerprint density at radius 3 is 2.85 bits per heavy atom. The van der Waals surface area contributed by atoms with Crippen molar-refractivity contribution in [3.05, 3.63) is 40.4 Å². The molecule has 8 heteroatoms. The molecule has 0 radical (unpaired) electrons. The van der Waals surface area contributed by atoms with Gasteiger partial charge in [-0.05, 0) is 13.0 Å². The number of para-hydroxylation sites is 1. The van der Waals surface area contributed by atoms with Crippen LogP contribution in [-0.4, -0.2) is 50.9 Å². The Labute approximate surface area is 163 Å². The molecule has 2 aromatic rings. The molecule has 0 bridgehead atoms. The summed E-state index contributed by atoms with van der Waals surface area (Å²) in [7, 11) is 1.62. The molecule has 27 heavy (non-hydrogen) atoms. The molecule has 1 N–H and O–H groups in total. The second-order valence-corrected chi connectivity index (χ2v) is 6.98. The highest BCUT2D eigenvalue weighted by molar-refractivity contribution is 7.17. The van der Waals surface area contributed by atoms with E-state index < -0.39 is 0 Å². The zero-order valence-corrected chi connectivity index (χ0v) is 16.5. The Balaban J connectivity index is 1.74. The van der Waals surface area contributed by atoms with Crippen molar-refractivity contribution in [1.82, 2.24) is 10.3 Å². The maximum absolute atomic E-state index is 12.8. The number of hydrogen-bond acceptors (Lipinski definition) is 7. The first kappa shape index (κ1) is 19.6. The summed E-state index contributed by atoms with van der Waals surface area (Å²) in [4.78, 5) is 20.2. The lowest BCUT2D eigenvalue weighted by molar-refractivity contribution is 0.0944. The third-order valence-corrected chi connectivity index (χ3v) is 5.41. The summed E-state index contributed by atoms with van der Waals surface area (Å²) in [5.74, 6) is 0.610. The monoisotopic (exact) mass is 391 g/mol. The van der Waals surface area contributed by atoms with Crippen molar-refractivity contribution in [2.45, 2.75) is 20.1 Å². The molecular formula is C19H25N3O4S. The van der Waals surface area contributed by atoms with E-state index >= 15 is 0 Å². The van der Waals surface area contributed by atoms with Crippen LogP contribution in [0.2, 0.25) is 0 Å². The van der Waals surface area contributed by atoms with Crippen LogP contribution in [-0.2, 0) is 22.6 Å². The van der Waals surface area contributed by atoms with Crippen LogP contribution in [0.25, 0.3) is 0 Å². The zero-order chi connectivity index (χ0) is 19.1. The number of aromatic nitrogens is 1. The van der Waals surface area contributed by atoms with Crippen LogP contribution in [0, 0.1) is 0 Å². The van der Waals surface area contributed by atoms with E-state index in [0.717, 1.165) is 29.5 Å². The minimum atomic E-state index is -0.146. The highest BCUT2D eigenvalue weighted by Crippen LogP contribution is 2.28. The van der Waals surface area contributed by atoms with Gasteiger partial charge in [0.25, 0.3) is 5.91 Å². The molecule has 0 saturated carbocycles. The third-order valence-electron chi connectivity index (χ3n) is 4.25. The first-order valence-electron chi connectivity index (χ1n) is 9.03. The van der Waals surface area contributed by atoms with Gasteiger partial charge in [-0.1, -0.05) is 29.5 Å². The minimum Gasteiger partial charge on any atom is -0.496 e.